The quantitative estimate of drug-likeness (QED) is 0.738. The number of hydrogen-bond donors (Lipinski definition) is 0. The van der Waals surface area contributed by atoms with Gasteiger partial charge in [0.15, 0.2) is 0 Å². The average Bonchev–Trinajstić information content (AvgIpc) is 3.02. The minimum absolute atomic E-state index is 0.132. The standard InChI is InChI=1S/C12H11Cl2FN2/c1-6(13)12-16-10-5-9(15)8(14)4-11(10)17(12)7-2-3-7/h4-7H,2-3H2,1H3. The smallest absolute Gasteiger partial charge is 0.144 e. The van der Waals surface area contributed by atoms with E-state index in [0.29, 0.717) is 11.6 Å². The van der Waals surface area contributed by atoms with Gasteiger partial charge in [-0.25, -0.2) is 9.37 Å². The molecule has 0 spiro atoms. The Bertz CT molecular complexity index is 588. The molecule has 1 aliphatic carbocycles. The minimum atomic E-state index is -0.437. The molecule has 90 valence electrons. The molecule has 0 amide bonds. The zero-order valence-corrected chi connectivity index (χ0v) is 10.8. The molecule has 1 heterocycles. The molecule has 2 nitrogen and oxygen atoms in total. The van der Waals surface area contributed by atoms with E-state index >= 15 is 0 Å². The summed E-state index contributed by atoms with van der Waals surface area (Å²) in [6, 6.07) is 3.46. The van der Waals surface area contributed by atoms with Crippen molar-refractivity contribution in [1.82, 2.24) is 9.55 Å². The molecule has 3 rings (SSSR count). The van der Waals surface area contributed by atoms with Crippen LogP contribution in [0.2, 0.25) is 5.02 Å². The summed E-state index contributed by atoms with van der Waals surface area (Å²) in [5, 5.41) is -0.0575. The van der Waals surface area contributed by atoms with E-state index in [2.05, 4.69) is 9.55 Å². The summed E-state index contributed by atoms with van der Waals surface area (Å²) in [6.45, 7) is 1.87. The fraction of sp³-hybridized carbons (Fsp3) is 0.417. The van der Waals surface area contributed by atoms with Gasteiger partial charge in [0.25, 0.3) is 0 Å². The van der Waals surface area contributed by atoms with E-state index in [1.165, 1.54) is 6.07 Å². The third-order valence-electron chi connectivity index (χ3n) is 3.03. The van der Waals surface area contributed by atoms with E-state index in [1.54, 1.807) is 6.07 Å². The Kier molecular flexibility index (Phi) is 2.56. The zero-order chi connectivity index (χ0) is 12.2. The lowest BCUT2D eigenvalue weighted by molar-refractivity contribution is 0.629. The Morgan fingerprint density at radius 3 is 2.76 bits per heavy atom. The van der Waals surface area contributed by atoms with E-state index < -0.39 is 5.82 Å². The fourth-order valence-electron chi connectivity index (χ4n) is 2.11. The number of nitrogens with zero attached hydrogens (tertiary/aromatic N) is 2. The first-order valence-corrected chi connectivity index (χ1v) is 6.40. The second-order valence-corrected chi connectivity index (χ2v) is 5.50. The van der Waals surface area contributed by atoms with Gasteiger partial charge in [-0.05, 0) is 25.8 Å². The maximum Gasteiger partial charge on any atom is 0.144 e. The molecular weight excluding hydrogens is 262 g/mol. The molecule has 1 aromatic heterocycles. The Balaban J connectivity index is 2.31. The number of hydrogen-bond acceptors (Lipinski definition) is 1. The van der Waals surface area contributed by atoms with Crippen molar-refractivity contribution in [1.29, 1.82) is 0 Å². The summed E-state index contributed by atoms with van der Waals surface area (Å²) in [7, 11) is 0. The third-order valence-corrected chi connectivity index (χ3v) is 3.51. The molecule has 1 unspecified atom stereocenters. The van der Waals surface area contributed by atoms with Crippen molar-refractivity contribution in [3.63, 3.8) is 0 Å². The van der Waals surface area contributed by atoms with Crippen molar-refractivity contribution in [2.24, 2.45) is 0 Å². The van der Waals surface area contributed by atoms with Crippen molar-refractivity contribution in [2.45, 2.75) is 31.2 Å². The van der Waals surface area contributed by atoms with Crippen molar-refractivity contribution < 1.29 is 4.39 Å². The first-order chi connectivity index (χ1) is 8.08. The van der Waals surface area contributed by atoms with Gasteiger partial charge in [0.05, 0.1) is 21.4 Å². The number of halogens is 3. The third kappa shape index (κ3) is 1.81. The number of benzene rings is 1. The lowest BCUT2D eigenvalue weighted by Gasteiger charge is -2.08. The first kappa shape index (κ1) is 11.3. The molecule has 0 saturated heterocycles. The van der Waals surface area contributed by atoms with Crippen LogP contribution in [-0.4, -0.2) is 9.55 Å². The van der Waals surface area contributed by atoms with Crippen LogP contribution in [0.25, 0.3) is 11.0 Å². The summed E-state index contributed by atoms with van der Waals surface area (Å²) >= 11 is 11.9. The van der Waals surface area contributed by atoms with Crippen molar-refractivity contribution in [3.8, 4) is 0 Å². The highest BCUT2D eigenvalue weighted by Crippen LogP contribution is 2.41. The van der Waals surface area contributed by atoms with Crippen molar-refractivity contribution in [2.75, 3.05) is 0 Å². The summed E-state index contributed by atoms with van der Waals surface area (Å²) in [4.78, 5) is 4.41. The Hall–Kier alpha value is -0.800. The second kappa shape index (κ2) is 3.85. The van der Waals surface area contributed by atoms with Crippen molar-refractivity contribution in [3.05, 3.63) is 28.8 Å². The molecule has 0 radical (unpaired) electrons. The molecule has 0 N–H and O–H groups in total. The molecule has 1 fully saturated rings. The molecule has 1 aromatic carbocycles. The number of aromatic nitrogens is 2. The van der Waals surface area contributed by atoms with Gasteiger partial charge in [0.1, 0.15) is 11.6 Å². The van der Waals surface area contributed by atoms with E-state index in [4.69, 9.17) is 23.2 Å². The van der Waals surface area contributed by atoms with Gasteiger partial charge >= 0.3 is 0 Å². The van der Waals surface area contributed by atoms with Crippen LogP contribution in [-0.2, 0) is 0 Å². The van der Waals surface area contributed by atoms with E-state index in [0.717, 1.165) is 24.2 Å². The van der Waals surface area contributed by atoms with Crippen LogP contribution in [0.15, 0.2) is 12.1 Å². The molecular formula is C12H11Cl2FN2. The highest BCUT2D eigenvalue weighted by Gasteiger charge is 2.29. The number of fused-ring (bicyclic) bond motifs is 1. The van der Waals surface area contributed by atoms with Crippen LogP contribution < -0.4 is 0 Å². The molecule has 5 heteroatoms. The Labute approximate surface area is 108 Å². The Morgan fingerprint density at radius 2 is 2.18 bits per heavy atom. The lowest BCUT2D eigenvalue weighted by atomic mass is 10.3. The fourth-order valence-corrected chi connectivity index (χ4v) is 2.42. The summed E-state index contributed by atoms with van der Waals surface area (Å²) in [5.74, 6) is 0.360. The first-order valence-electron chi connectivity index (χ1n) is 5.59. The van der Waals surface area contributed by atoms with Crippen LogP contribution >= 0.6 is 23.2 Å². The highest BCUT2D eigenvalue weighted by molar-refractivity contribution is 6.31. The van der Waals surface area contributed by atoms with Gasteiger partial charge in [-0.2, -0.15) is 0 Å². The van der Waals surface area contributed by atoms with Crippen LogP contribution in [0.4, 0.5) is 4.39 Å². The monoisotopic (exact) mass is 272 g/mol. The topological polar surface area (TPSA) is 17.8 Å². The second-order valence-electron chi connectivity index (χ2n) is 4.44. The number of imidazole rings is 1. The predicted octanol–water partition coefficient (Wildman–Crippen LogP) is 4.46. The normalized spacial score (nSPS) is 17.6. The van der Waals surface area contributed by atoms with Crippen LogP contribution in [0, 0.1) is 5.82 Å². The minimum Gasteiger partial charge on any atom is -0.324 e. The van der Waals surface area contributed by atoms with Gasteiger partial charge in [-0.1, -0.05) is 11.6 Å². The zero-order valence-electron chi connectivity index (χ0n) is 9.25. The highest BCUT2D eigenvalue weighted by atomic mass is 35.5. The summed E-state index contributed by atoms with van der Waals surface area (Å²) in [5.41, 5.74) is 1.50. The number of rotatable bonds is 2. The van der Waals surface area contributed by atoms with Gasteiger partial charge in [0.2, 0.25) is 0 Å². The van der Waals surface area contributed by atoms with Crippen molar-refractivity contribution >= 4 is 34.2 Å². The largest absolute Gasteiger partial charge is 0.324 e. The van der Waals surface area contributed by atoms with E-state index in [9.17, 15) is 4.39 Å². The van der Waals surface area contributed by atoms with E-state index in [-0.39, 0.29) is 10.4 Å². The maximum atomic E-state index is 13.4. The maximum absolute atomic E-state index is 13.4. The van der Waals surface area contributed by atoms with Crippen LogP contribution in [0.5, 0.6) is 0 Å². The molecule has 0 bridgehead atoms. The molecule has 1 saturated carbocycles. The molecule has 1 atom stereocenters. The van der Waals surface area contributed by atoms with Gasteiger partial charge < -0.3 is 4.57 Å². The lowest BCUT2D eigenvalue weighted by Crippen LogP contribution is -2.01. The van der Waals surface area contributed by atoms with Gasteiger partial charge in [-0.15, -0.1) is 11.6 Å². The van der Waals surface area contributed by atoms with Gasteiger partial charge in [0, 0.05) is 12.1 Å². The molecule has 17 heavy (non-hydrogen) atoms. The molecule has 1 aliphatic rings. The molecule has 2 aromatic rings. The summed E-state index contributed by atoms with van der Waals surface area (Å²) < 4.78 is 15.5. The van der Waals surface area contributed by atoms with Crippen LogP contribution in [0.1, 0.15) is 37.0 Å². The number of alkyl halides is 1. The van der Waals surface area contributed by atoms with Crippen LogP contribution in [0.3, 0.4) is 0 Å². The Morgan fingerprint density at radius 1 is 1.47 bits per heavy atom. The SMILES string of the molecule is CC(Cl)c1nc2cc(F)c(Cl)cc2n1C1CC1. The molecule has 0 aliphatic heterocycles. The summed E-state index contributed by atoms with van der Waals surface area (Å²) in [6.07, 6.45) is 2.24. The van der Waals surface area contributed by atoms with Gasteiger partial charge in [-0.3, -0.25) is 0 Å². The predicted molar refractivity (Wildman–Crippen MR) is 67.2 cm³/mol. The van der Waals surface area contributed by atoms with E-state index in [1.807, 2.05) is 6.92 Å². The average molecular weight is 273 g/mol.